The smallest absolute Gasteiger partial charge is 0.255 e. The van der Waals surface area contributed by atoms with Gasteiger partial charge in [-0.25, -0.2) is 0 Å². The van der Waals surface area contributed by atoms with Crippen LogP contribution in [0, 0.1) is 0 Å². The van der Waals surface area contributed by atoms with E-state index in [-0.39, 0.29) is 23.0 Å². The van der Waals surface area contributed by atoms with Gasteiger partial charge in [0.25, 0.3) is 5.91 Å². The van der Waals surface area contributed by atoms with Crippen molar-refractivity contribution in [1.82, 2.24) is 5.32 Å². The van der Waals surface area contributed by atoms with Gasteiger partial charge in [0.1, 0.15) is 11.5 Å². The minimum atomic E-state index is -0.387. The Hall–Kier alpha value is -2.20. The molecule has 0 aliphatic heterocycles. The lowest BCUT2D eigenvalue weighted by molar-refractivity contribution is 0.0948. The minimum Gasteiger partial charge on any atom is -0.508 e. The molecule has 2 rings (SSSR count). The van der Waals surface area contributed by atoms with Gasteiger partial charge in [-0.3, -0.25) is 4.79 Å². The molecule has 19 heavy (non-hydrogen) atoms. The second-order valence-corrected chi connectivity index (χ2v) is 4.45. The van der Waals surface area contributed by atoms with Gasteiger partial charge in [-0.2, -0.15) is 0 Å². The Kier molecular flexibility index (Phi) is 3.92. The van der Waals surface area contributed by atoms with E-state index in [0.717, 1.165) is 5.56 Å². The van der Waals surface area contributed by atoms with E-state index in [9.17, 15) is 9.90 Å². The summed E-state index contributed by atoms with van der Waals surface area (Å²) < 4.78 is 0. The summed E-state index contributed by atoms with van der Waals surface area (Å²) in [6, 6.07) is 10.8. The standard InChI is InChI=1S/C14H12ClNO3/c15-10-3-6-12(13(18)7-10)14(19)16-8-9-1-4-11(17)5-2-9/h1-7,17-18H,8H2,(H,16,19). The fourth-order valence-electron chi connectivity index (χ4n) is 1.59. The third-order valence-electron chi connectivity index (χ3n) is 2.59. The van der Waals surface area contributed by atoms with Crippen LogP contribution in [0.3, 0.4) is 0 Å². The van der Waals surface area contributed by atoms with E-state index in [1.54, 1.807) is 24.3 Å². The number of aromatic hydroxyl groups is 2. The maximum atomic E-state index is 11.9. The molecule has 0 saturated carbocycles. The summed E-state index contributed by atoms with van der Waals surface area (Å²) in [5, 5.41) is 21.8. The maximum Gasteiger partial charge on any atom is 0.255 e. The molecule has 0 atom stereocenters. The largest absolute Gasteiger partial charge is 0.508 e. The molecule has 0 fully saturated rings. The molecule has 2 aromatic rings. The van der Waals surface area contributed by atoms with Crippen molar-refractivity contribution < 1.29 is 15.0 Å². The molecule has 2 aromatic carbocycles. The monoisotopic (exact) mass is 277 g/mol. The van der Waals surface area contributed by atoms with Gasteiger partial charge < -0.3 is 15.5 Å². The highest BCUT2D eigenvalue weighted by molar-refractivity contribution is 6.30. The van der Waals surface area contributed by atoms with Crippen molar-refractivity contribution in [3.05, 3.63) is 58.6 Å². The Balaban J connectivity index is 2.03. The van der Waals surface area contributed by atoms with E-state index in [4.69, 9.17) is 16.7 Å². The molecular formula is C14H12ClNO3. The molecule has 1 amide bonds. The molecule has 0 aliphatic rings. The summed E-state index contributed by atoms with van der Waals surface area (Å²) in [5.41, 5.74) is 1.02. The van der Waals surface area contributed by atoms with Crippen molar-refractivity contribution in [2.45, 2.75) is 6.54 Å². The fourth-order valence-corrected chi connectivity index (χ4v) is 1.75. The molecule has 3 N–H and O–H groups in total. The molecule has 0 radical (unpaired) electrons. The Bertz CT molecular complexity index is 596. The zero-order chi connectivity index (χ0) is 13.8. The van der Waals surface area contributed by atoms with Crippen LogP contribution in [0.15, 0.2) is 42.5 Å². The Morgan fingerprint density at radius 3 is 2.42 bits per heavy atom. The zero-order valence-electron chi connectivity index (χ0n) is 9.93. The third-order valence-corrected chi connectivity index (χ3v) is 2.83. The highest BCUT2D eigenvalue weighted by Crippen LogP contribution is 2.21. The molecule has 0 bridgehead atoms. The van der Waals surface area contributed by atoms with Crippen LogP contribution in [-0.2, 0) is 6.54 Å². The molecule has 0 heterocycles. The van der Waals surface area contributed by atoms with Gasteiger partial charge in [-0.15, -0.1) is 0 Å². The number of phenolic OH excluding ortho intramolecular Hbond substituents is 2. The highest BCUT2D eigenvalue weighted by atomic mass is 35.5. The lowest BCUT2D eigenvalue weighted by Crippen LogP contribution is -2.22. The van der Waals surface area contributed by atoms with Crippen LogP contribution < -0.4 is 5.32 Å². The topological polar surface area (TPSA) is 69.6 Å². The predicted molar refractivity (Wildman–Crippen MR) is 72.4 cm³/mol. The average Bonchev–Trinajstić information content (AvgIpc) is 2.37. The first-order valence-corrected chi connectivity index (χ1v) is 5.98. The lowest BCUT2D eigenvalue weighted by Gasteiger charge is -2.07. The van der Waals surface area contributed by atoms with Gasteiger partial charge in [0.05, 0.1) is 5.56 Å². The van der Waals surface area contributed by atoms with Crippen LogP contribution >= 0.6 is 11.6 Å². The van der Waals surface area contributed by atoms with E-state index in [1.165, 1.54) is 18.2 Å². The second-order valence-electron chi connectivity index (χ2n) is 4.01. The maximum absolute atomic E-state index is 11.9. The van der Waals surface area contributed by atoms with Crippen LogP contribution in [-0.4, -0.2) is 16.1 Å². The van der Waals surface area contributed by atoms with Crippen molar-refractivity contribution >= 4 is 17.5 Å². The van der Waals surface area contributed by atoms with Gasteiger partial charge in [-0.1, -0.05) is 23.7 Å². The summed E-state index contributed by atoms with van der Waals surface area (Å²) in [6.45, 7) is 0.307. The third kappa shape index (κ3) is 3.39. The van der Waals surface area contributed by atoms with E-state index in [1.807, 2.05) is 0 Å². The van der Waals surface area contributed by atoms with Crippen LogP contribution in [0.5, 0.6) is 11.5 Å². The molecule has 5 heteroatoms. The number of amides is 1. The van der Waals surface area contributed by atoms with Crippen LogP contribution in [0.25, 0.3) is 0 Å². The molecule has 0 spiro atoms. The number of phenols is 2. The zero-order valence-corrected chi connectivity index (χ0v) is 10.7. The summed E-state index contributed by atoms with van der Waals surface area (Å²) in [7, 11) is 0. The number of nitrogens with one attached hydrogen (secondary N) is 1. The van der Waals surface area contributed by atoms with Gasteiger partial charge in [-0.05, 0) is 35.9 Å². The van der Waals surface area contributed by atoms with E-state index >= 15 is 0 Å². The van der Waals surface area contributed by atoms with Gasteiger partial charge in [0, 0.05) is 11.6 Å². The van der Waals surface area contributed by atoms with Gasteiger partial charge in [0.15, 0.2) is 0 Å². The van der Waals surface area contributed by atoms with Crippen LogP contribution in [0.4, 0.5) is 0 Å². The van der Waals surface area contributed by atoms with Gasteiger partial charge in [0.2, 0.25) is 0 Å². The van der Waals surface area contributed by atoms with Crippen molar-refractivity contribution in [3.63, 3.8) is 0 Å². The molecule has 0 unspecified atom stereocenters. The number of carbonyl (C=O) groups is 1. The normalized spacial score (nSPS) is 10.2. The average molecular weight is 278 g/mol. The van der Waals surface area contributed by atoms with Crippen molar-refractivity contribution in [2.75, 3.05) is 0 Å². The SMILES string of the molecule is O=C(NCc1ccc(O)cc1)c1ccc(Cl)cc1O. The summed E-state index contributed by atoms with van der Waals surface area (Å²) in [6.07, 6.45) is 0. The number of carbonyl (C=O) groups excluding carboxylic acids is 1. The Morgan fingerprint density at radius 1 is 1.11 bits per heavy atom. The number of hydrogen-bond donors (Lipinski definition) is 3. The Labute approximate surface area is 115 Å². The quantitative estimate of drug-likeness (QED) is 0.808. The molecule has 0 aromatic heterocycles. The van der Waals surface area contributed by atoms with Crippen molar-refractivity contribution in [2.24, 2.45) is 0 Å². The number of rotatable bonds is 3. The summed E-state index contributed by atoms with van der Waals surface area (Å²) in [4.78, 5) is 11.9. The molecule has 0 saturated heterocycles. The predicted octanol–water partition coefficient (Wildman–Crippen LogP) is 2.68. The lowest BCUT2D eigenvalue weighted by atomic mass is 10.1. The minimum absolute atomic E-state index is 0.157. The molecule has 98 valence electrons. The van der Waals surface area contributed by atoms with Crippen LogP contribution in [0.1, 0.15) is 15.9 Å². The first kappa shape index (κ1) is 13.2. The summed E-state index contributed by atoms with van der Waals surface area (Å²) >= 11 is 5.69. The Morgan fingerprint density at radius 2 is 1.79 bits per heavy atom. The summed E-state index contributed by atoms with van der Waals surface area (Å²) in [5.74, 6) is -0.372. The van der Waals surface area contributed by atoms with Crippen molar-refractivity contribution in [1.29, 1.82) is 0 Å². The highest BCUT2D eigenvalue weighted by Gasteiger charge is 2.10. The molecular weight excluding hydrogens is 266 g/mol. The van der Waals surface area contributed by atoms with Crippen LogP contribution in [0.2, 0.25) is 5.02 Å². The number of benzene rings is 2. The van der Waals surface area contributed by atoms with E-state index in [2.05, 4.69) is 5.32 Å². The molecule has 0 aliphatic carbocycles. The van der Waals surface area contributed by atoms with E-state index < -0.39 is 0 Å². The van der Waals surface area contributed by atoms with E-state index in [0.29, 0.717) is 11.6 Å². The van der Waals surface area contributed by atoms with Gasteiger partial charge >= 0.3 is 0 Å². The number of halogens is 1. The first-order chi connectivity index (χ1) is 9.06. The second kappa shape index (κ2) is 5.63. The fraction of sp³-hybridized carbons (Fsp3) is 0.0714. The molecule has 4 nitrogen and oxygen atoms in total. The number of hydrogen-bond acceptors (Lipinski definition) is 3. The first-order valence-electron chi connectivity index (χ1n) is 5.61. The van der Waals surface area contributed by atoms with Crippen molar-refractivity contribution in [3.8, 4) is 11.5 Å².